The summed E-state index contributed by atoms with van der Waals surface area (Å²) in [6.07, 6.45) is -0.527. The fourth-order valence-corrected chi connectivity index (χ4v) is 4.00. The van der Waals surface area contributed by atoms with Gasteiger partial charge in [-0.3, -0.25) is 4.79 Å². The maximum absolute atomic E-state index is 12.5. The minimum absolute atomic E-state index is 0.189. The summed E-state index contributed by atoms with van der Waals surface area (Å²) in [5, 5.41) is 19.3. The first-order valence-electron chi connectivity index (χ1n) is 9.59. The second-order valence-corrected chi connectivity index (χ2v) is 8.45. The van der Waals surface area contributed by atoms with Crippen molar-refractivity contribution in [2.24, 2.45) is 0 Å². The number of aliphatic hydroxyl groups is 1. The summed E-state index contributed by atoms with van der Waals surface area (Å²) in [5.74, 6) is -0.0467. The number of ether oxygens (including phenoxy) is 1. The van der Waals surface area contributed by atoms with E-state index in [1.165, 1.54) is 0 Å². The van der Waals surface area contributed by atoms with E-state index in [0.717, 1.165) is 5.56 Å². The van der Waals surface area contributed by atoms with E-state index >= 15 is 0 Å². The van der Waals surface area contributed by atoms with E-state index < -0.39 is 12.2 Å². The smallest absolute Gasteiger partial charge is 0.274 e. The van der Waals surface area contributed by atoms with Gasteiger partial charge in [0.15, 0.2) is 11.8 Å². The molecule has 1 amide bonds. The first-order valence-corrected chi connectivity index (χ1v) is 10.7. The van der Waals surface area contributed by atoms with E-state index in [-0.39, 0.29) is 17.5 Å². The van der Waals surface area contributed by atoms with Crippen LogP contribution < -0.4 is 4.74 Å². The van der Waals surface area contributed by atoms with Crippen LogP contribution in [0.2, 0.25) is 15.1 Å². The molecule has 9 heteroatoms. The lowest BCUT2D eigenvalue weighted by molar-refractivity contribution is 0.0757. The van der Waals surface area contributed by atoms with Gasteiger partial charge in [-0.15, -0.1) is 10.2 Å². The maximum Gasteiger partial charge on any atom is 0.274 e. The summed E-state index contributed by atoms with van der Waals surface area (Å²) in [5.41, 5.74) is 1.69. The molecule has 0 bridgehead atoms. The Hall–Kier alpha value is -2.38. The molecule has 0 aliphatic carbocycles. The van der Waals surface area contributed by atoms with Gasteiger partial charge < -0.3 is 14.7 Å². The number of β-amino-alcohol motifs (C(OH)–C–C–N with tert-alkyl or cyclic N) is 1. The minimum atomic E-state index is -0.591. The van der Waals surface area contributed by atoms with E-state index in [0.29, 0.717) is 40.1 Å². The van der Waals surface area contributed by atoms with Crippen LogP contribution in [0.5, 0.6) is 5.88 Å². The minimum Gasteiger partial charge on any atom is -0.463 e. The summed E-state index contributed by atoms with van der Waals surface area (Å²) in [6.45, 7) is 0.792. The van der Waals surface area contributed by atoms with Gasteiger partial charge in [-0.05, 0) is 42.3 Å². The summed E-state index contributed by atoms with van der Waals surface area (Å²) in [4.78, 5) is 14.1. The third-order valence-electron chi connectivity index (χ3n) is 4.97. The Bertz CT molecular complexity index is 1080. The highest BCUT2D eigenvalue weighted by molar-refractivity contribution is 6.35. The number of hydrogen-bond donors (Lipinski definition) is 1. The average molecular weight is 479 g/mol. The molecule has 2 unspecified atom stereocenters. The standard InChI is InChI=1S/C22H18Cl3N3O3/c23-14-3-1-13(2-4-14)21(17-6-5-15(24)11-18(17)25)31-20-8-7-19(26-27-20)22(30)28-10-9-16(29)12-28/h1-8,11,16,21,29H,9-10,12H2. The highest BCUT2D eigenvalue weighted by atomic mass is 35.5. The third kappa shape index (κ3) is 5.10. The number of rotatable bonds is 5. The molecule has 2 heterocycles. The second kappa shape index (κ2) is 9.40. The SMILES string of the molecule is O=C(c1ccc(OC(c2ccc(Cl)cc2)c2ccc(Cl)cc2Cl)nn1)N1CCC(O)C1. The van der Waals surface area contributed by atoms with Crippen molar-refractivity contribution in [1.29, 1.82) is 0 Å². The fraction of sp³-hybridized carbons (Fsp3) is 0.227. The first kappa shape index (κ1) is 21.8. The molecule has 0 spiro atoms. The lowest BCUT2D eigenvalue weighted by Gasteiger charge is -2.21. The van der Waals surface area contributed by atoms with Crippen LogP contribution in [0.3, 0.4) is 0 Å². The van der Waals surface area contributed by atoms with Crippen LogP contribution in [-0.2, 0) is 0 Å². The number of benzene rings is 2. The Kier molecular flexibility index (Phi) is 6.62. The van der Waals surface area contributed by atoms with Crippen LogP contribution in [0.25, 0.3) is 0 Å². The Morgan fingerprint density at radius 1 is 1.03 bits per heavy atom. The molecule has 160 valence electrons. The number of halogens is 3. The topological polar surface area (TPSA) is 75.5 Å². The number of carbonyl (C=O) groups excluding carboxylic acids is 1. The number of nitrogens with zero attached hydrogens (tertiary/aromatic N) is 3. The predicted octanol–water partition coefficient (Wildman–Crippen LogP) is 4.81. The van der Waals surface area contributed by atoms with Crippen LogP contribution in [0.4, 0.5) is 0 Å². The van der Waals surface area contributed by atoms with E-state index in [1.54, 1.807) is 47.4 Å². The summed E-state index contributed by atoms with van der Waals surface area (Å²) < 4.78 is 6.12. The molecule has 3 aromatic rings. The van der Waals surface area contributed by atoms with E-state index in [4.69, 9.17) is 39.5 Å². The molecule has 4 rings (SSSR count). The van der Waals surface area contributed by atoms with Crippen LogP contribution in [-0.4, -0.2) is 45.3 Å². The number of amides is 1. The van der Waals surface area contributed by atoms with Crippen molar-refractivity contribution < 1.29 is 14.6 Å². The number of aliphatic hydroxyl groups excluding tert-OH is 1. The molecule has 2 aromatic carbocycles. The number of hydrogen-bond acceptors (Lipinski definition) is 5. The van der Waals surface area contributed by atoms with Gasteiger partial charge in [0.1, 0.15) is 0 Å². The normalized spacial score (nSPS) is 16.9. The monoisotopic (exact) mass is 477 g/mol. The molecule has 1 aliphatic heterocycles. The van der Waals surface area contributed by atoms with E-state index in [1.807, 2.05) is 12.1 Å². The molecular formula is C22H18Cl3N3O3. The molecule has 0 radical (unpaired) electrons. The van der Waals surface area contributed by atoms with Crippen molar-refractivity contribution >= 4 is 40.7 Å². The van der Waals surface area contributed by atoms with Gasteiger partial charge in [0.05, 0.1) is 6.10 Å². The quantitative estimate of drug-likeness (QED) is 0.569. The highest BCUT2D eigenvalue weighted by Gasteiger charge is 2.27. The number of carbonyl (C=O) groups is 1. The first-order chi connectivity index (χ1) is 14.9. The van der Waals surface area contributed by atoms with Gasteiger partial charge in [0.2, 0.25) is 5.88 Å². The molecule has 1 N–H and O–H groups in total. The zero-order valence-corrected chi connectivity index (χ0v) is 18.5. The molecule has 31 heavy (non-hydrogen) atoms. The molecule has 2 atom stereocenters. The van der Waals surface area contributed by atoms with Crippen molar-refractivity contribution in [2.75, 3.05) is 13.1 Å². The van der Waals surface area contributed by atoms with Crippen LogP contribution >= 0.6 is 34.8 Å². The van der Waals surface area contributed by atoms with Crippen LogP contribution in [0.15, 0.2) is 54.6 Å². The van der Waals surface area contributed by atoms with E-state index in [2.05, 4.69) is 10.2 Å². The summed E-state index contributed by atoms with van der Waals surface area (Å²) in [6, 6.07) is 15.5. The van der Waals surface area contributed by atoms with Gasteiger partial charge >= 0.3 is 0 Å². The predicted molar refractivity (Wildman–Crippen MR) is 119 cm³/mol. The van der Waals surface area contributed by atoms with Crippen molar-refractivity contribution in [2.45, 2.75) is 18.6 Å². The van der Waals surface area contributed by atoms with E-state index in [9.17, 15) is 9.90 Å². The van der Waals surface area contributed by atoms with Crippen LogP contribution in [0, 0.1) is 0 Å². The number of likely N-dealkylation sites (tertiary alicyclic amines) is 1. The highest BCUT2D eigenvalue weighted by Crippen LogP contribution is 2.34. The molecule has 6 nitrogen and oxygen atoms in total. The lowest BCUT2D eigenvalue weighted by Crippen LogP contribution is -2.30. The van der Waals surface area contributed by atoms with Crippen molar-refractivity contribution in [3.05, 3.63) is 86.5 Å². The molecule has 1 fully saturated rings. The molecule has 0 saturated carbocycles. The Balaban J connectivity index is 1.59. The fourth-order valence-electron chi connectivity index (χ4n) is 3.37. The van der Waals surface area contributed by atoms with Crippen molar-refractivity contribution in [1.82, 2.24) is 15.1 Å². The summed E-state index contributed by atoms with van der Waals surface area (Å²) in [7, 11) is 0. The largest absolute Gasteiger partial charge is 0.463 e. The Morgan fingerprint density at radius 2 is 1.77 bits per heavy atom. The second-order valence-electron chi connectivity index (χ2n) is 7.17. The molecule has 1 aromatic heterocycles. The Morgan fingerprint density at radius 3 is 2.39 bits per heavy atom. The summed E-state index contributed by atoms with van der Waals surface area (Å²) >= 11 is 18.5. The molecular weight excluding hydrogens is 461 g/mol. The zero-order valence-electron chi connectivity index (χ0n) is 16.2. The van der Waals surface area contributed by atoms with Gasteiger partial charge in [-0.2, -0.15) is 0 Å². The van der Waals surface area contributed by atoms with Gasteiger partial charge in [0, 0.05) is 39.8 Å². The average Bonchev–Trinajstić information content (AvgIpc) is 3.19. The van der Waals surface area contributed by atoms with Gasteiger partial charge in [-0.1, -0.05) is 53.0 Å². The van der Waals surface area contributed by atoms with Gasteiger partial charge in [0.25, 0.3) is 5.91 Å². The van der Waals surface area contributed by atoms with Gasteiger partial charge in [-0.25, -0.2) is 0 Å². The molecule has 1 saturated heterocycles. The zero-order chi connectivity index (χ0) is 22.0. The van der Waals surface area contributed by atoms with Crippen LogP contribution in [0.1, 0.15) is 34.1 Å². The van der Waals surface area contributed by atoms with Crippen molar-refractivity contribution in [3.63, 3.8) is 0 Å². The lowest BCUT2D eigenvalue weighted by atomic mass is 10.0. The maximum atomic E-state index is 12.5. The number of aromatic nitrogens is 2. The van der Waals surface area contributed by atoms with Crippen molar-refractivity contribution in [3.8, 4) is 5.88 Å². The molecule has 1 aliphatic rings. The Labute approximate surface area is 194 Å². The third-order valence-corrected chi connectivity index (χ3v) is 5.78.